The molecule has 190 valence electrons. The van der Waals surface area contributed by atoms with E-state index >= 15 is 0 Å². The Kier molecular flexibility index (Phi) is 8.34. The van der Waals surface area contributed by atoms with Crippen molar-refractivity contribution in [2.24, 2.45) is 0 Å². The number of hydrogen-bond donors (Lipinski definition) is 0. The number of rotatable bonds is 8. The molecule has 1 aliphatic heterocycles. The Morgan fingerprint density at radius 3 is 2.53 bits per heavy atom. The fourth-order valence-corrected chi connectivity index (χ4v) is 5.24. The summed E-state index contributed by atoms with van der Waals surface area (Å²) >= 11 is 1.42. The van der Waals surface area contributed by atoms with Crippen molar-refractivity contribution in [2.45, 2.75) is 48.5 Å². The summed E-state index contributed by atoms with van der Waals surface area (Å²) in [7, 11) is 1.53. The molecule has 1 fully saturated rings. The molecule has 9 nitrogen and oxygen atoms in total. The second-order valence-electron chi connectivity index (χ2n) is 8.14. The van der Waals surface area contributed by atoms with Crippen molar-refractivity contribution >= 4 is 23.7 Å². The van der Waals surface area contributed by atoms with Crippen LogP contribution in [0.5, 0.6) is 0 Å². The number of esters is 2. The molecule has 1 aliphatic rings. The van der Waals surface area contributed by atoms with E-state index in [1.807, 2.05) is 30.3 Å². The third-order valence-electron chi connectivity index (χ3n) is 5.57. The summed E-state index contributed by atoms with van der Waals surface area (Å²) < 4.78 is 38.4. The van der Waals surface area contributed by atoms with Gasteiger partial charge in [0.2, 0.25) is 0 Å². The molecular formula is C25H26FN3O6S. The zero-order valence-electron chi connectivity index (χ0n) is 19.9. The molecule has 0 saturated carbocycles. The largest absolute Gasteiger partial charge is 0.463 e. The Morgan fingerprint density at radius 2 is 1.86 bits per heavy atom. The fraction of sp³-hybridized carbons (Fsp3) is 0.360. The monoisotopic (exact) mass is 515 g/mol. The number of aromatic nitrogens is 3. The van der Waals surface area contributed by atoms with Gasteiger partial charge in [0.05, 0.1) is 6.20 Å². The Labute approximate surface area is 211 Å². The Hall–Kier alpha value is -3.28. The number of ether oxygens (including phenoxy) is 4. The fourth-order valence-electron chi connectivity index (χ4n) is 4.05. The van der Waals surface area contributed by atoms with Crippen LogP contribution < -0.4 is 0 Å². The number of hydrogen-bond acceptors (Lipinski definition) is 9. The van der Waals surface area contributed by atoms with Gasteiger partial charge in [0.25, 0.3) is 0 Å². The minimum atomic E-state index is -0.915. The van der Waals surface area contributed by atoms with Crippen LogP contribution in [0.2, 0.25) is 0 Å². The van der Waals surface area contributed by atoms with E-state index in [1.165, 1.54) is 49.5 Å². The van der Waals surface area contributed by atoms with Crippen molar-refractivity contribution in [3.8, 4) is 11.3 Å². The first kappa shape index (κ1) is 25.8. The molecule has 0 aliphatic carbocycles. The zero-order valence-corrected chi connectivity index (χ0v) is 20.8. The highest BCUT2D eigenvalue weighted by Gasteiger charge is 2.50. The topological polar surface area (TPSA) is 102 Å². The first-order chi connectivity index (χ1) is 17.4. The molecule has 0 N–H and O–H groups in total. The first-order valence-electron chi connectivity index (χ1n) is 11.2. The first-order valence-corrected chi connectivity index (χ1v) is 12.1. The van der Waals surface area contributed by atoms with Crippen molar-refractivity contribution in [1.82, 2.24) is 15.0 Å². The van der Waals surface area contributed by atoms with Gasteiger partial charge in [-0.15, -0.1) is 5.10 Å². The van der Waals surface area contributed by atoms with Crippen LogP contribution in [0.25, 0.3) is 11.3 Å². The molecular weight excluding hydrogens is 489 g/mol. The van der Waals surface area contributed by atoms with Gasteiger partial charge in [-0.2, -0.15) is 0 Å². The molecule has 2 aromatic carbocycles. The van der Waals surface area contributed by atoms with Gasteiger partial charge in [-0.05, 0) is 24.3 Å². The highest BCUT2D eigenvalue weighted by atomic mass is 32.2. The number of nitrogens with zero attached hydrogens (tertiary/aromatic N) is 3. The highest BCUT2D eigenvalue weighted by molar-refractivity contribution is 7.99. The van der Waals surface area contributed by atoms with Gasteiger partial charge >= 0.3 is 11.9 Å². The molecule has 2 heterocycles. The minimum Gasteiger partial charge on any atom is -0.463 e. The maximum atomic E-state index is 13.8. The number of methoxy groups -OCH3 is 1. The average Bonchev–Trinajstić information content (AvgIpc) is 3.34. The molecule has 11 heteroatoms. The zero-order chi connectivity index (χ0) is 25.7. The maximum Gasteiger partial charge on any atom is 0.303 e. The quantitative estimate of drug-likeness (QED) is 0.416. The van der Waals surface area contributed by atoms with Gasteiger partial charge < -0.3 is 18.9 Å². The number of halogens is 1. The number of carbonyl (C=O) groups excluding carboxylic acids is 2. The van der Waals surface area contributed by atoms with Gasteiger partial charge in [-0.1, -0.05) is 47.3 Å². The van der Waals surface area contributed by atoms with Gasteiger partial charge in [0, 0.05) is 31.4 Å². The summed E-state index contributed by atoms with van der Waals surface area (Å²) in [6.45, 7) is 2.43. The van der Waals surface area contributed by atoms with E-state index < -0.39 is 47.5 Å². The van der Waals surface area contributed by atoms with E-state index in [0.29, 0.717) is 11.3 Å². The van der Waals surface area contributed by atoms with Crippen molar-refractivity contribution in [1.29, 1.82) is 0 Å². The van der Waals surface area contributed by atoms with Crippen LogP contribution in [0.1, 0.15) is 19.9 Å². The van der Waals surface area contributed by atoms with Crippen LogP contribution in [0.4, 0.5) is 4.39 Å². The number of thioether (sulfide) groups is 1. The van der Waals surface area contributed by atoms with Crippen LogP contribution >= 0.6 is 11.8 Å². The second kappa shape index (κ2) is 11.6. The molecule has 0 radical (unpaired) electrons. The second-order valence-corrected chi connectivity index (χ2v) is 9.31. The predicted octanol–water partition coefficient (Wildman–Crippen LogP) is 3.65. The lowest BCUT2D eigenvalue weighted by atomic mass is 9.96. The van der Waals surface area contributed by atoms with E-state index in [2.05, 4.69) is 10.3 Å². The molecule has 1 aromatic heterocycles. The van der Waals surface area contributed by atoms with E-state index in [0.717, 1.165) is 4.90 Å². The predicted molar refractivity (Wildman–Crippen MR) is 128 cm³/mol. The molecule has 4 rings (SSSR count). The lowest BCUT2D eigenvalue weighted by molar-refractivity contribution is -0.208. The number of benzene rings is 2. The molecule has 0 spiro atoms. The smallest absolute Gasteiger partial charge is 0.303 e. The average molecular weight is 516 g/mol. The van der Waals surface area contributed by atoms with Crippen LogP contribution in [0, 0.1) is 5.82 Å². The van der Waals surface area contributed by atoms with Crippen LogP contribution in [-0.4, -0.2) is 64.4 Å². The lowest BCUT2D eigenvalue weighted by Crippen LogP contribution is -2.57. The third kappa shape index (κ3) is 6.10. The Morgan fingerprint density at radius 1 is 1.08 bits per heavy atom. The van der Waals surface area contributed by atoms with E-state index in [4.69, 9.17) is 18.9 Å². The molecule has 3 aromatic rings. The molecule has 5 atom stereocenters. The van der Waals surface area contributed by atoms with Crippen molar-refractivity contribution < 1.29 is 32.9 Å². The SMILES string of the molecule is COC1C(Sc2ccccc2)OC(COC(C)=O)C(OC(C)=O)C1n1cc(-c2cccc(F)c2)nn1. The summed E-state index contributed by atoms with van der Waals surface area (Å²) in [5, 5.41) is 8.48. The van der Waals surface area contributed by atoms with Crippen LogP contribution in [0.3, 0.4) is 0 Å². The Bertz CT molecular complexity index is 1190. The molecule has 36 heavy (non-hydrogen) atoms. The van der Waals surface area contributed by atoms with E-state index in [9.17, 15) is 14.0 Å². The van der Waals surface area contributed by atoms with Gasteiger partial charge in [-0.3, -0.25) is 9.59 Å². The summed E-state index contributed by atoms with van der Waals surface area (Å²) in [6, 6.07) is 14.9. The Balaban J connectivity index is 1.74. The standard InChI is InChI=1S/C25H26FN3O6S/c1-15(30)33-14-21-23(34-16(2)31)22(24(32-3)25(35-21)36-19-10-5-4-6-11-19)29-13-20(27-28-29)17-8-7-9-18(26)12-17/h4-13,21-25H,14H2,1-3H3. The van der Waals surface area contributed by atoms with Crippen molar-refractivity contribution in [2.75, 3.05) is 13.7 Å². The summed E-state index contributed by atoms with van der Waals surface area (Å²) in [4.78, 5) is 24.6. The molecule has 0 bridgehead atoms. The van der Waals surface area contributed by atoms with Gasteiger partial charge in [-0.25, -0.2) is 9.07 Å². The number of carbonyl (C=O) groups is 2. The minimum absolute atomic E-state index is 0.141. The summed E-state index contributed by atoms with van der Waals surface area (Å²) in [5.74, 6) is -1.44. The summed E-state index contributed by atoms with van der Waals surface area (Å²) in [6.07, 6.45) is -0.727. The van der Waals surface area contributed by atoms with E-state index in [-0.39, 0.29) is 6.61 Å². The maximum absolute atomic E-state index is 13.8. The molecule has 0 amide bonds. The lowest BCUT2D eigenvalue weighted by Gasteiger charge is -2.44. The molecule has 5 unspecified atom stereocenters. The highest BCUT2D eigenvalue weighted by Crippen LogP contribution is 2.41. The van der Waals surface area contributed by atoms with Gasteiger partial charge in [0.1, 0.15) is 41.8 Å². The van der Waals surface area contributed by atoms with Crippen LogP contribution in [-0.2, 0) is 28.5 Å². The van der Waals surface area contributed by atoms with E-state index in [1.54, 1.807) is 18.3 Å². The van der Waals surface area contributed by atoms with Crippen molar-refractivity contribution in [3.63, 3.8) is 0 Å². The van der Waals surface area contributed by atoms with Crippen LogP contribution in [0.15, 0.2) is 65.7 Å². The van der Waals surface area contributed by atoms with Gasteiger partial charge in [0.15, 0.2) is 6.10 Å². The summed E-state index contributed by atoms with van der Waals surface area (Å²) in [5.41, 5.74) is 0.399. The third-order valence-corrected chi connectivity index (χ3v) is 6.73. The molecule has 1 saturated heterocycles. The normalized spacial score (nSPS) is 23.7. The van der Waals surface area contributed by atoms with Crippen molar-refractivity contribution in [3.05, 3.63) is 66.6 Å².